The predicted octanol–water partition coefficient (Wildman–Crippen LogP) is 1.32. The Bertz CT molecular complexity index is 274. The fraction of sp³-hybridized carbons (Fsp3) is 0.667. The quantitative estimate of drug-likeness (QED) is 0.731. The Kier molecular flexibility index (Phi) is 5.61. The van der Waals surface area contributed by atoms with Gasteiger partial charge in [0.2, 0.25) is 5.91 Å². The molecule has 1 amide bonds. The van der Waals surface area contributed by atoms with E-state index in [9.17, 15) is 4.79 Å². The number of piperidine rings is 1. The Morgan fingerprint density at radius 1 is 1.38 bits per heavy atom. The first kappa shape index (κ1) is 12.7. The predicted molar refractivity (Wildman–Crippen MR) is 66.4 cm³/mol. The molecular weight excluding hydrogens is 202 g/mol. The number of amides is 1. The zero-order valence-electron chi connectivity index (χ0n) is 9.98. The van der Waals surface area contributed by atoms with Crippen molar-refractivity contribution in [1.82, 2.24) is 4.90 Å². The second-order valence-corrected chi connectivity index (χ2v) is 4.16. The van der Waals surface area contributed by atoms with E-state index in [1.807, 2.05) is 11.8 Å². The van der Waals surface area contributed by atoms with Crippen LogP contribution in [0.4, 0.5) is 0 Å². The van der Waals surface area contributed by atoms with Crippen molar-refractivity contribution < 1.29 is 4.79 Å². The van der Waals surface area contributed by atoms with Gasteiger partial charge >= 0.3 is 0 Å². The van der Waals surface area contributed by atoms with Gasteiger partial charge in [0.05, 0.1) is 0 Å². The topological polar surface area (TPSA) is 58.7 Å². The summed E-state index contributed by atoms with van der Waals surface area (Å²) < 4.78 is 0. The highest BCUT2D eigenvalue weighted by molar-refractivity contribution is 5.77. The average Bonchev–Trinajstić information content (AvgIpc) is 2.29. The standard InChI is InChI=1S/C12H21N3O/c1-11(13)5-7-14-8-6-12(16)15-9-3-2-4-10-15/h5,7H,2-4,6,8-10,13H2,1H3. The van der Waals surface area contributed by atoms with Gasteiger partial charge in [-0.05, 0) is 32.3 Å². The zero-order valence-corrected chi connectivity index (χ0v) is 9.98. The Labute approximate surface area is 97.2 Å². The van der Waals surface area contributed by atoms with E-state index in [-0.39, 0.29) is 5.91 Å². The number of nitrogens with two attached hydrogens (primary N) is 1. The molecule has 1 aliphatic rings. The van der Waals surface area contributed by atoms with Crippen molar-refractivity contribution in [1.29, 1.82) is 0 Å². The molecule has 1 fully saturated rings. The number of rotatable bonds is 4. The summed E-state index contributed by atoms with van der Waals surface area (Å²) in [6.07, 6.45) is 7.45. The van der Waals surface area contributed by atoms with Gasteiger partial charge in [-0.15, -0.1) is 0 Å². The van der Waals surface area contributed by atoms with Crippen LogP contribution in [0.15, 0.2) is 16.8 Å². The second kappa shape index (κ2) is 7.04. The fourth-order valence-electron chi connectivity index (χ4n) is 1.71. The molecule has 0 aromatic rings. The van der Waals surface area contributed by atoms with E-state index in [0.29, 0.717) is 13.0 Å². The molecule has 0 spiro atoms. The van der Waals surface area contributed by atoms with Crippen LogP contribution < -0.4 is 5.73 Å². The lowest BCUT2D eigenvalue weighted by Crippen LogP contribution is -2.35. The van der Waals surface area contributed by atoms with Crippen molar-refractivity contribution in [3.63, 3.8) is 0 Å². The van der Waals surface area contributed by atoms with Crippen LogP contribution in [-0.4, -0.2) is 36.7 Å². The number of allylic oxidation sites excluding steroid dienone is 2. The van der Waals surface area contributed by atoms with Crippen LogP contribution in [0.1, 0.15) is 32.6 Å². The Morgan fingerprint density at radius 3 is 2.69 bits per heavy atom. The molecule has 0 saturated carbocycles. The molecule has 1 rings (SSSR count). The molecule has 0 atom stereocenters. The minimum atomic E-state index is 0.227. The van der Waals surface area contributed by atoms with Crippen molar-refractivity contribution in [2.75, 3.05) is 19.6 Å². The van der Waals surface area contributed by atoms with Gasteiger partial charge in [0, 0.05) is 38.0 Å². The van der Waals surface area contributed by atoms with Crippen LogP contribution in [0.2, 0.25) is 0 Å². The molecule has 0 aromatic heterocycles. The SMILES string of the molecule is CC(N)=CC=NCCC(=O)N1CCCCC1. The van der Waals surface area contributed by atoms with Crippen molar-refractivity contribution in [2.45, 2.75) is 32.6 Å². The Morgan fingerprint density at radius 2 is 2.06 bits per heavy atom. The van der Waals surface area contributed by atoms with Crippen molar-refractivity contribution in [3.05, 3.63) is 11.8 Å². The maximum Gasteiger partial charge on any atom is 0.224 e. The number of likely N-dealkylation sites (tertiary alicyclic amines) is 1. The number of carbonyl (C=O) groups excluding carboxylic acids is 1. The zero-order chi connectivity index (χ0) is 11.8. The summed E-state index contributed by atoms with van der Waals surface area (Å²) in [5.74, 6) is 0.227. The van der Waals surface area contributed by atoms with Gasteiger partial charge < -0.3 is 10.6 Å². The molecule has 0 aliphatic carbocycles. The van der Waals surface area contributed by atoms with E-state index in [2.05, 4.69) is 4.99 Å². The largest absolute Gasteiger partial charge is 0.402 e. The van der Waals surface area contributed by atoms with Gasteiger partial charge in [0.15, 0.2) is 0 Å². The lowest BCUT2D eigenvalue weighted by molar-refractivity contribution is -0.131. The lowest BCUT2D eigenvalue weighted by Gasteiger charge is -2.26. The van der Waals surface area contributed by atoms with Crippen molar-refractivity contribution in [3.8, 4) is 0 Å². The molecule has 4 nitrogen and oxygen atoms in total. The third kappa shape index (κ3) is 4.96. The maximum atomic E-state index is 11.7. The lowest BCUT2D eigenvalue weighted by atomic mass is 10.1. The molecule has 1 saturated heterocycles. The molecule has 1 aliphatic heterocycles. The number of aliphatic imine (C=N–C) groups is 1. The third-order valence-corrected chi connectivity index (χ3v) is 2.61. The fourth-order valence-corrected chi connectivity index (χ4v) is 1.71. The molecule has 16 heavy (non-hydrogen) atoms. The minimum absolute atomic E-state index is 0.227. The third-order valence-electron chi connectivity index (χ3n) is 2.61. The van der Waals surface area contributed by atoms with E-state index in [1.54, 1.807) is 12.3 Å². The molecule has 2 N–H and O–H groups in total. The highest BCUT2D eigenvalue weighted by atomic mass is 16.2. The first-order valence-electron chi connectivity index (χ1n) is 5.90. The van der Waals surface area contributed by atoms with Crippen molar-refractivity contribution in [2.24, 2.45) is 10.7 Å². The average molecular weight is 223 g/mol. The molecule has 90 valence electrons. The van der Waals surface area contributed by atoms with Crippen molar-refractivity contribution >= 4 is 12.1 Å². The Hall–Kier alpha value is -1.32. The second-order valence-electron chi connectivity index (χ2n) is 4.16. The first-order chi connectivity index (χ1) is 7.70. The van der Waals surface area contributed by atoms with E-state index >= 15 is 0 Å². The minimum Gasteiger partial charge on any atom is -0.402 e. The van der Waals surface area contributed by atoms with Crippen LogP contribution in [-0.2, 0) is 4.79 Å². The van der Waals surface area contributed by atoms with Gasteiger partial charge in [-0.3, -0.25) is 9.79 Å². The van der Waals surface area contributed by atoms with Crippen LogP contribution in [0, 0.1) is 0 Å². The molecule has 0 radical (unpaired) electrons. The van der Waals surface area contributed by atoms with Gasteiger partial charge in [0.1, 0.15) is 0 Å². The van der Waals surface area contributed by atoms with Gasteiger partial charge in [-0.25, -0.2) is 0 Å². The monoisotopic (exact) mass is 223 g/mol. The molecule has 0 unspecified atom stereocenters. The van der Waals surface area contributed by atoms with Gasteiger partial charge in [0.25, 0.3) is 0 Å². The summed E-state index contributed by atoms with van der Waals surface area (Å²) in [4.78, 5) is 17.8. The van der Waals surface area contributed by atoms with Crippen LogP contribution in [0.25, 0.3) is 0 Å². The number of hydrogen-bond acceptors (Lipinski definition) is 3. The Balaban J connectivity index is 2.19. The van der Waals surface area contributed by atoms with Gasteiger partial charge in [-0.2, -0.15) is 0 Å². The summed E-state index contributed by atoms with van der Waals surface area (Å²) >= 11 is 0. The number of hydrogen-bond donors (Lipinski definition) is 1. The smallest absolute Gasteiger partial charge is 0.224 e. The summed E-state index contributed by atoms with van der Waals surface area (Å²) in [5, 5.41) is 0. The van der Waals surface area contributed by atoms with Crippen LogP contribution in [0.5, 0.6) is 0 Å². The van der Waals surface area contributed by atoms with E-state index in [1.165, 1.54) is 6.42 Å². The van der Waals surface area contributed by atoms with Crippen LogP contribution >= 0.6 is 0 Å². The van der Waals surface area contributed by atoms with E-state index < -0.39 is 0 Å². The number of carbonyl (C=O) groups is 1. The molecule has 0 aromatic carbocycles. The molecular formula is C12H21N3O. The molecule has 4 heteroatoms. The van der Waals surface area contributed by atoms with Gasteiger partial charge in [-0.1, -0.05) is 0 Å². The van der Waals surface area contributed by atoms with E-state index in [4.69, 9.17) is 5.73 Å². The summed E-state index contributed by atoms with van der Waals surface area (Å²) in [6.45, 7) is 4.21. The maximum absolute atomic E-state index is 11.7. The summed E-state index contributed by atoms with van der Waals surface area (Å²) in [5.41, 5.74) is 6.17. The highest BCUT2D eigenvalue weighted by Gasteiger charge is 2.15. The number of nitrogens with zero attached hydrogens (tertiary/aromatic N) is 2. The summed E-state index contributed by atoms with van der Waals surface area (Å²) in [6, 6.07) is 0. The highest BCUT2D eigenvalue weighted by Crippen LogP contribution is 2.09. The normalized spacial score (nSPS) is 18.1. The van der Waals surface area contributed by atoms with E-state index in [0.717, 1.165) is 31.6 Å². The summed E-state index contributed by atoms with van der Waals surface area (Å²) in [7, 11) is 0. The first-order valence-corrected chi connectivity index (χ1v) is 5.90. The van der Waals surface area contributed by atoms with Crippen LogP contribution in [0.3, 0.4) is 0 Å². The molecule has 1 heterocycles. The molecule has 0 bridgehead atoms.